The van der Waals surface area contributed by atoms with Crippen molar-refractivity contribution in [3.8, 4) is 0 Å². The molecular formula is C8H6O6. The van der Waals surface area contributed by atoms with E-state index >= 15 is 0 Å². The van der Waals surface area contributed by atoms with E-state index in [4.69, 9.17) is 10.2 Å². The van der Waals surface area contributed by atoms with Gasteiger partial charge in [-0.15, -0.1) is 0 Å². The maximum atomic E-state index is 10.6. The fourth-order valence-corrected chi connectivity index (χ4v) is 0.298. The predicted octanol–water partition coefficient (Wildman–Crippen LogP) is 0.441. The summed E-state index contributed by atoms with van der Waals surface area (Å²) in [5.41, 5.74) is 3.82. The first-order valence-corrected chi connectivity index (χ1v) is 3.14. The Morgan fingerprint density at radius 2 is 1.64 bits per heavy atom. The smallest absolute Gasteiger partial charge is 0.429 e. The molecule has 0 radical (unpaired) electrons. The van der Waals surface area contributed by atoms with E-state index in [1.165, 1.54) is 0 Å². The lowest BCUT2D eigenvalue weighted by Crippen LogP contribution is -2.13. The van der Waals surface area contributed by atoms with E-state index in [-0.39, 0.29) is 0 Å². The highest BCUT2D eigenvalue weighted by Crippen LogP contribution is 1.95. The summed E-state index contributed by atoms with van der Waals surface area (Å²) < 4.78 is 0. The van der Waals surface area contributed by atoms with E-state index in [9.17, 15) is 9.59 Å². The number of hydrogen-bond donors (Lipinski definition) is 2. The minimum Gasteiger partial charge on any atom is -0.502 e. The van der Waals surface area contributed by atoms with E-state index < -0.39 is 23.5 Å². The summed E-state index contributed by atoms with van der Waals surface area (Å²) in [6.45, 7) is 5.82. The SMILES string of the molecule is C=C=C=C(O)C(=O)OOC(=O)C(=C)O. The van der Waals surface area contributed by atoms with Gasteiger partial charge < -0.3 is 10.2 Å². The van der Waals surface area contributed by atoms with Crippen LogP contribution in [-0.2, 0) is 19.4 Å². The molecule has 0 amide bonds. The fourth-order valence-electron chi connectivity index (χ4n) is 0.298. The lowest BCUT2D eigenvalue weighted by Gasteiger charge is -1.99. The van der Waals surface area contributed by atoms with Crippen molar-refractivity contribution in [2.45, 2.75) is 0 Å². The highest BCUT2D eigenvalue weighted by molar-refractivity contribution is 5.88. The van der Waals surface area contributed by atoms with Crippen LogP contribution < -0.4 is 0 Å². The van der Waals surface area contributed by atoms with E-state index in [1.807, 2.05) is 11.5 Å². The zero-order valence-corrected chi connectivity index (χ0v) is 6.94. The first-order valence-electron chi connectivity index (χ1n) is 3.14. The molecule has 0 aromatic rings. The predicted molar refractivity (Wildman–Crippen MR) is 42.7 cm³/mol. The Morgan fingerprint density at radius 3 is 2.07 bits per heavy atom. The van der Waals surface area contributed by atoms with E-state index in [2.05, 4.69) is 22.9 Å². The van der Waals surface area contributed by atoms with E-state index in [0.717, 1.165) is 0 Å². The third kappa shape index (κ3) is 3.82. The van der Waals surface area contributed by atoms with Crippen LogP contribution in [0.2, 0.25) is 0 Å². The molecule has 0 heterocycles. The van der Waals surface area contributed by atoms with Gasteiger partial charge in [0.05, 0.1) is 0 Å². The summed E-state index contributed by atoms with van der Waals surface area (Å²) in [4.78, 5) is 28.5. The average molecular weight is 198 g/mol. The summed E-state index contributed by atoms with van der Waals surface area (Å²) >= 11 is 0. The van der Waals surface area contributed by atoms with Gasteiger partial charge in [-0.3, -0.25) is 0 Å². The van der Waals surface area contributed by atoms with Crippen LogP contribution in [-0.4, -0.2) is 22.2 Å². The van der Waals surface area contributed by atoms with Crippen molar-refractivity contribution in [1.29, 1.82) is 0 Å². The molecule has 0 saturated carbocycles. The molecule has 0 aliphatic rings. The third-order valence-electron chi connectivity index (χ3n) is 0.829. The molecular weight excluding hydrogens is 192 g/mol. The zero-order chi connectivity index (χ0) is 11.1. The number of hydrogen-bond acceptors (Lipinski definition) is 6. The maximum absolute atomic E-state index is 10.6. The molecule has 0 bridgehead atoms. The molecule has 0 aromatic heterocycles. The van der Waals surface area contributed by atoms with Gasteiger partial charge in [-0.05, 0) is 18.9 Å². The van der Waals surface area contributed by atoms with Crippen LogP contribution in [0.5, 0.6) is 0 Å². The summed E-state index contributed by atoms with van der Waals surface area (Å²) in [6, 6.07) is 0. The second-order valence-electron chi connectivity index (χ2n) is 1.84. The van der Waals surface area contributed by atoms with Gasteiger partial charge in [0.25, 0.3) is 5.76 Å². The Kier molecular flexibility index (Phi) is 4.36. The van der Waals surface area contributed by atoms with Gasteiger partial charge in [-0.1, -0.05) is 5.73 Å². The molecule has 6 heteroatoms. The molecule has 0 aliphatic carbocycles. The number of rotatable bonds is 2. The van der Waals surface area contributed by atoms with Gasteiger partial charge in [-0.25, -0.2) is 19.4 Å². The molecule has 14 heavy (non-hydrogen) atoms. The second-order valence-corrected chi connectivity index (χ2v) is 1.84. The number of aliphatic hydroxyl groups is 2. The summed E-state index contributed by atoms with van der Waals surface area (Å²) in [5, 5.41) is 17.1. The topological polar surface area (TPSA) is 93.1 Å². The maximum Gasteiger partial charge on any atom is 0.429 e. The molecule has 0 fully saturated rings. The molecule has 0 saturated heterocycles. The normalized spacial score (nSPS) is 7.71. The molecule has 2 N–H and O–H groups in total. The Bertz CT molecular complexity index is 354. The summed E-state index contributed by atoms with van der Waals surface area (Å²) in [5.74, 6) is -4.65. The molecule has 0 aromatic carbocycles. The molecule has 0 unspecified atom stereocenters. The Balaban J connectivity index is 4.24. The van der Waals surface area contributed by atoms with Crippen molar-refractivity contribution in [2.75, 3.05) is 0 Å². The standard InChI is InChI=1S/C8H6O6/c1-3-4-6(10)8(12)14-13-7(11)5(2)9/h9-10H,1-2H2. The van der Waals surface area contributed by atoms with Crippen LogP contribution in [0.25, 0.3) is 0 Å². The first-order chi connectivity index (χ1) is 6.49. The number of carbonyl (C=O) groups excluding carboxylic acids is 2. The van der Waals surface area contributed by atoms with Crippen LogP contribution in [0.4, 0.5) is 0 Å². The van der Waals surface area contributed by atoms with Gasteiger partial charge >= 0.3 is 11.9 Å². The molecule has 0 rings (SSSR count). The highest BCUT2D eigenvalue weighted by Gasteiger charge is 2.15. The van der Waals surface area contributed by atoms with E-state index in [1.54, 1.807) is 0 Å². The van der Waals surface area contributed by atoms with Crippen molar-refractivity contribution >= 4 is 11.9 Å². The second kappa shape index (κ2) is 5.27. The number of carbonyl (C=O) groups is 2. The van der Waals surface area contributed by atoms with Crippen LogP contribution >= 0.6 is 0 Å². The van der Waals surface area contributed by atoms with Gasteiger partial charge in [-0.2, -0.15) is 0 Å². The van der Waals surface area contributed by atoms with Gasteiger partial charge in [0.2, 0.25) is 0 Å². The van der Waals surface area contributed by atoms with Crippen LogP contribution in [0.15, 0.2) is 36.1 Å². The Labute approximate surface area is 78.6 Å². The lowest BCUT2D eigenvalue weighted by molar-refractivity contribution is -0.255. The van der Waals surface area contributed by atoms with Crippen molar-refractivity contribution in [1.82, 2.24) is 0 Å². The minimum absolute atomic E-state index is 0.944. The average Bonchev–Trinajstić information content (AvgIpc) is 2.13. The molecule has 0 aliphatic heterocycles. The molecule has 0 spiro atoms. The minimum atomic E-state index is -1.38. The van der Waals surface area contributed by atoms with Crippen LogP contribution in [0.3, 0.4) is 0 Å². The largest absolute Gasteiger partial charge is 0.502 e. The first kappa shape index (κ1) is 11.6. The van der Waals surface area contributed by atoms with Crippen LogP contribution in [0, 0.1) is 0 Å². The van der Waals surface area contributed by atoms with Crippen molar-refractivity contribution in [3.63, 3.8) is 0 Å². The number of aliphatic hydroxyl groups excluding tert-OH is 2. The van der Waals surface area contributed by atoms with Crippen LogP contribution in [0.1, 0.15) is 0 Å². The lowest BCUT2D eigenvalue weighted by atomic mass is 10.5. The van der Waals surface area contributed by atoms with Gasteiger partial charge in [0.1, 0.15) is 0 Å². The zero-order valence-electron chi connectivity index (χ0n) is 6.94. The van der Waals surface area contributed by atoms with Gasteiger partial charge in [0, 0.05) is 0 Å². The Morgan fingerprint density at radius 1 is 1.14 bits per heavy atom. The third-order valence-corrected chi connectivity index (χ3v) is 0.829. The van der Waals surface area contributed by atoms with Crippen molar-refractivity contribution in [2.24, 2.45) is 0 Å². The van der Waals surface area contributed by atoms with E-state index in [0.29, 0.717) is 0 Å². The molecule has 6 nitrogen and oxygen atoms in total. The molecule has 74 valence electrons. The summed E-state index contributed by atoms with van der Waals surface area (Å²) in [7, 11) is 0. The Hall–Kier alpha value is -2.42. The van der Waals surface area contributed by atoms with Crippen molar-refractivity contribution in [3.05, 3.63) is 36.1 Å². The monoisotopic (exact) mass is 198 g/mol. The quantitative estimate of drug-likeness (QED) is 0.220. The fraction of sp³-hybridized carbons (Fsp3) is 0. The molecule has 0 atom stereocenters. The highest BCUT2D eigenvalue weighted by atomic mass is 17.2. The van der Waals surface area contributed by atoms with Crippen molar-refractivity contribution < 1.29 is 29.6 Å². The summed E-state index contributed by atoms with van der Waals surface area (Å²) in [6.07, 6.45) is 0. The van der Waals surface area contributed by atoms with Gasteiger partial charge in [0.15, 0.2) is 5.76 Å².